The Bertz CT molecular complexity index is 1250. The highest BCUT2D eigenvalue weighted by Crippen LogP contribution is 2.49. The van der Waals surface area contributed by atoms with Gasteiger partial charge in [-0.15, -0.1) is 11.3 Å². The van der Waals surface area contributed by atoms with Crippen LogP contribution in [0.15, 0.2) is 77.3 Å². The van der Waals surface area contributed by atoms with Crippen molar-refractivity contribution in [3.63, 3.8) is 0 Å². The van der Waals surface area contributed by atoms with E-state index in [2.05, 4.69) is 24.5 Å². The van der Waals surface area contributed by atoms with Crippen molar-refractivity contribution in [1.82, 2.24) is 0 Å². The number of urea groups is 1. The quantitative estimate of drug-likeness (QED) is 0.444. The van der Waals surface area contributed by atoms with Crippen LogP contribution in [0, 0.1) is 11.2 Å². The van der Waals surface area contributed by atoms with E-state index < -0.39 is 6.04 Å². The average Bonchev–Trinajstić information content (AvgIpc) is 3.24. The highest BCUT2D eigenvalue weighted by atomic mass is 32.1. The number of ketones is 1. The molecule has 2 heterocycles. The van der Waals surface area contributed by atoms with E-state index in [1.807, 2.05) is 41.8 Å². The number of hydrogen-bond acceptors (Lipinski definition) is 4. The molecule has 0 radical (unpaired) electrons. The Labute approximate surface area is 195 Å². The topological polar surface area (TPSA) is 61.4 Å². The van der Waals surface area contributed by atoms with Gasteiger partial charge in [-0.1, -0.05) is 32.0 Å². The molecule has 2 amide bonds. The monoisotopic (exact) mass is 461 g/mol. The summed E-state index contributed by atoms with van der Waals surface area (Å²) in [6.07, 6.45) is 1.12. The van der Waals surface area contributed by atoms with E-state index in [4.69, 9.17) is 0 Å². The third kappa shape index (κ3) is 4.04. The molecule has 2 aromatic carbocycles. The van der Waals surface area contributed by atoms with Gasteiger partial charge in [-0.05, 0) is 59.7 Å². The number of rotatable bonds is 2. The van der Waals surface area contributed by atoms with Gasteiger partial charge >= 0.3 is 6.03 Å². The second-order valence-corrected chi connectivity index (χ2v) is 10.2. The normalized spacial score (nSPS) is 19.3. The van der Waals surface area contributed by atoms with Crippen molar-refractivity contribution in [2.75, 3.05) is 15.5 Å². The van der Waals surface area contributed by atoms with Gasteiger partial charge in [0, 0.05) is 28.3 Å². The van der Waals surface area contributed by atoms with E-state index in [1.54, 1.807) is 4.90 Å². The number of thiophene rings is 1. The summed E-state index contributed by atoms with van der Waals surface area (Å²) in [4.78, 5) is 29.8. The number of allylic oxidation sites excluding steroid dienone is 1. The molecule has 5 rings (SSSR count). The van der Waals surface area contributed by atoms with Gasteiger partial charge in [0.15, 0.2) is 5.78 Å². The number of amides is 2. The Morgan fingerprint density at radius 2 is 1.85 bits per heavy atom. The Kier molecular flexibility index (Phi) is 5.29. The number of carbonyl (C=O) groups excluding carboxylic acids is 2. The van der Waals surface area contributed by atoms with Crippen LogP contribution in [0.3, 0.4) is 0 Å². The predicted octanol–water partition coefficient (Wildman–Crippen LogP) is 6.74. The van der Waals surface area contributed by atoms with Crippen LogP contribution in [-0.4, -0.2) is 11.8 Å². The number of para-hydroxylation sites is 2. The van der Waals surface area contributed by atoms with E-state index >= 15 is 0 Å². The molecule has 168 valence electrons. The minimum absolute atomic E-state index is 0.0412. The van der Waals surface area contributed by atoms with E-state index in [0.29, 0.717) is 29.8 Å². The lowest BCUT2D eigenvalue weighted by atomic mass is 9.74. The number of hydrogen-bond donors (Lipinski definition) is 2. The zero-order valence-electron chi connectivity index (χ0n) is 18.4. The molecule has 3 aromatic rings. The molecule has 0 saturated carbocycles. The zero-order chi connectivity index (χ0) is 23.2. The molecular weight excluding hydrogens is 437 g/mol. The first-order valence-corrected chi connectivity index (χ1v) is 11.7. The maximum atomic E-state index is 13.7. The van der Waals surface area contributed by atoms with Gasteiger partial charge in [0.1, 0.15) is 11.9 Å². The number of carbonyl (C=O) groups is 2. The summed E-state index contributed by atoms with van der Waals surface area (Å²) in [7, 11) is 0. The van der Waals surface area contributed by atoms with E-state index in [1.165, 1.54) is 35.6 Å². The molecule has 2 aliphatic rings. The number of anilines is 3. The van der Waals surface area contributed by atoms with Crippen LogP contribution in [0.1, 0.15) is 37.6 Å². The summed E-state index contributed by atoms with van der Waals surface area (Å²) >= 11 is 1.52. The predicted molar refractivity (Wildman–Crippen MR) is 130 cm³/mol. The van der Waals surface area contributed by atoms with Crippen molar-refractivity contribution in [1.29, 1.82) is 0 Å². The lowest BCUT2D eigenvalue weighted by Crippen LogP contribution is -2.41. The van der Waals surface area contributed by atoms with Crippen molar-refractivity contribution < 1.29 is 14.0 Å². The lowest BCUT2D eigenvalue weighted by Gasteiger charge is -2.36. The molecule has 1 atom stereocenters. The molecule has 1 aromatic heterocycles. The molecule has 1 aliphatic heterocycles. The number of Topliss-reactive ketones (excluding diaryl/α,β-unsaturated/α-hetero) is 1. The fourth-order valence-electron chi connectivity index (χ4n) is 4.64. The summed E-state index contributed by atoms with van der Waals surface area (Å²) in [5.41, 5.74) is 3.23. The van der Waals surface area contributed by atoms with Crippen LogP contribution < -0.4 is 15.5 Å². The molecule has 5 nitrogen and oxygen atoms in total. The molecule has 0 saturated heterocycles. The molecule has 1 aliphatic carbocycles. The molecular formula is C26H24FN3O2S. The Morgan fingerprint density at radius 1 is 1.09 bits per heavy atom. The van der Waals surface area contributed by atoms with E-state index in [0.717, 1.165) is 16.3 Å². The van der Waals surface area contributed by atoms with E-state index in [-0.39, 0.29) is 23.0 Å². The van der Waals surface area contributed by atoms with Crippen molar-refractivity contribution >= 4 is 40.2 Å². The number of nitrogens with one attached hydrogen (secondary N) is 2. The number of fused-ring (bicyclic) bond motifs is 1. The molecule has 2 N–H and O–H groups in total. The highest BCUT2D eigenvalue weighted by Gasteiger charge is 2.43. The first kappa shape index (κ1) is 21.4. The van der Waals surface area contributed by atoms with Crippen LogP contribution in [0.4, 0.5) is 26.2 Å². The minimum atomic E-state index is -0.569. The maximum absolute atomic E-state index is 13.7. The Balaban J connectivity index is 1.68. The average molecular weight is 462 g/mol. The summed E-state index contributed by atoms with van der Waals surface area (Å²) < 4.78 is 13.4. The molecule has 33 heavy (non-hydrogen) atoms. The van der Waals surface area contributed by atoms with Crippen LogP contribution >= 0.6 is 11.3 Å². The van der Waals surface area contributed by atoms with Crippen molar-refractivity contribution in [2.45, 2.75) is 32.7 Å². The van der Waals surface area contributed by atoms with Crippen LogP contribution in [0.2, 0.25) is 0 Å². The number of halogens is 1. The third-order valence-electron chi connectivity index (χ3n) is 6.03. The molecule has 0 bridgehead atoms. The van der Waals surface area contributed by atoms with Gasteiger partial charge < -0.3 is 10.6 Å². The van der Waals surface area contributed by atoms with E-state index in [9.17, 15) is 14.0 Å². The largest absolute Gasteiger partial charge is 0.357 e. The standard InChI is InChI=1S/C26H24FN3O2S/c1-26(2)14-19-23(21(31)15-26)24(22-8-5-13-33-22)30(20-7-4-3-6-18(20)29-19)25(32)28-17-11-9-16(27)10-12-17/h3-13,24,29H,14-15H2,1-2H3,(H,28,32)/t24-/m0/s1. The third-order valence-corrected chi connectivity index (χ3v) is 6.95. The zero-order valence-corrected chi connectivity index (χ0v) is 19.2. The van der Waals surface area contributed by atoms with Crippen molar-refractivity contribution in [2.24, 2.45) is 5.41 Å². The van der Waals surface area contributed by atoms with Crippen molar-refractivity contribution in [3.05, 3.63) is 88.0 Å². The summed E-state index contributed by atoms with van der Waals surface area (Å²) in [5.74, 6) is -0.335. The Morgan fingerprint density at radius 3 is 2.58 bits per heavy atom. The number of nitrogens with zero attached hydrogens (tertiary/aromatic N) is 1. The Hall–Kier alpha value is -3.45. The van der Waals surface area contributed by atoms with Gasteiger partial charge in [0.25, 0.3) is 0 Å². The SMILES string of the molecule is CC1(C)CC(=O)C2=C(C1)Nc1ccccc1N(C(=O)Nc1ccc(F)cc1)[C@H]2c1cccs1. The minimum Gasteiger partial charge on any atom is -0.357 e. The smallest absolute Gasteiger partial charge is 0.327 e. The fourth-order valence-corrected chi connectivity index (χ4v) is 5.47. The summed E-state index contributed by atoms with van der Waals surface area (Å²) in [5, 5.41) is 8.33. The summed E-state index contributed by atoms with van der Waals surface area (Å²) in [6.45, 7) is 4.18. The van der Waals surface area contributed by atoms with Crippen LogP contribution in [0.25, 0.3) is 0 Å². The second-order valence-electron chi connectivity index (χ2n) is 9.20. The second kappa shape index (κ2) is 8.15. The molecule has 0 fully saturated rings. The highest BCUT2D eigenvalue weighted by molar-refractivity contribution is 7.10. The molecule has 0 unspecified atom stereocenters. The van der Waals surface area contributed by atoms with Gasteiger partial charge in [-0.25, -0.2) is 9.18 Å². The molecule has 0 spiro atoms. The van der Waals surface area contributed by atoms with Crippen LogP contribution in [-0.2, 0) is 4.79 Å². The summed E-state index contributed by atoms with van der Waals surface area (Å²) in [6, 6.07) is 16.2. The molecule has 7 heteroatoms. The fraction of sp³-hybridized carbons (Fsp3) is 0.231. The van der Waals surface area contributed by atoms with Crippen LogP contribution in [0.5, 0.6) is 0 Å². The van der Waals surface area contributed by atoms with Gasteiger partial charge in [0.2, 0.25) is 0 Å². The van der Waals surface area contributed by atoms with Gasteiger partial charge in [-0.2, -0.15) is 0 Å². The first-order chi connectivity index (χ1) is 15.8. The maximum Gasteiger partial charge on any atom is 0.327 e. The van der Waals surface area contributed by atoms with Crippen molar-refractivity contribution in [3.8, 4) is 0 Å². The van der Waals surface area contributed by atoms with Gasteiger partial charge in [0.05, 0.1) is 11.4 Å². The number of benzene rings is 2. The lowest BCUT2D eigenvalue weighted by molar-refractivity contribution is -0.118. The first-order valence-electron chi connectivity index (χ1n) is 10.8. The van der Waals surface area contributed by atoms with Gasteiger partial charge in [-0.3, -0.25) is 9.69 Å².